The largest absolute Gasteiger partial charge is 0.404 e. The zero-order valence-corrected chi connectivity index (χ0v) is 7.49. The summed E-state index contributed by atoms with van der Waals surface area (Å²) >= 11 is 2.94. The van der Waals surface area contributed by atoms with E-state index in [0.717, 1.165) is 0 Å². The van der Waals surface area contributed by atoms with Crippen molar-refractivity contribution in [1.82, 2.24) is 9.78 Å². The van der Waals surface area contributed by atoms with Crippen molar-refractivity contribution >= 4 is 21.7 Å². The molecule has 0 unspecified atom stereocenters. The van der Waals surface area contributed by atoms with E-state index in [1.807, 2.05) is 0 Å². The number of aryl methyl sites for hydroxylation is 1. The highest BCUT2D eigenvalue weighted by atomic mass is 79.9. The molecule has 1 aromatic rings. The normalized spacial score (nSPS) is 10.2. The van der Waals surface area contributed by atoms with Gasteiger partial charge >= 0.3 is 5.82 Å². The van der Waals surface area contributed by atoms with Crippen LogP contribution in [0.25, 0.3) is 0 Å². The predicted molar refractivity (Wildman–Crippen MR) is 42.6 cm³/mol. The Bertz CT molecular complexity index is 301. The van der Waals surface area contributed by atoms with Crippen LogP contribution in [0, 0.1) is 10.1 Å². The van der Waals surface area contributed by atoms with Gasteiger partial charge in [0.2, 0.25) is 0 Å². The van der Waals surface area contributed by atoms with Gasteiger partial charge in [-0.05, 0) is 20.9 Å². The average Bonchev–Trinajstić information content (AvgIpc) is 2.32. The van der Waals surface area contributed by atoms with Gasteiger partial charge in [-0.3, -0.25) is 0 Å². The number of hydrogen-bond donors (Lipinski definition) is 0. The summed E-state index contributed by atoms with van der Waals surface area (Å²) in [5.74, 6) is -0.288. The second-order valence-corrected chi connectivity index (χ2v) is 2.86. The monoisotopic (exact) mass is 237 g/mol. The highest BCUT2D eigenvalue weighted by molar-refractivity contribution is 9.10. The maximum absolute atomic E-state index is 11.8. The molecule has 5 nitrogen and oxygen atoms in total. The lowest BCUT2D eigenvalue weighted by Crippen LogP contribution is -2.00. The second-order valence-electron chi connectivity index (χ2n) is 2.01. The van der Waals surface area contributed by atoms with E-state index in [1.165, 1.54) is 10.9 Å². The highest BCUT2D eigenvalue weighted by Crippen LogP contribution is 2.21. The van der Waals surface area contributed by atoms with Crippen LogP contribution in [0.3, 0.4) is 0 Å². The van der Waals surface area contributed by atoms with Gasteiger partial charge in [0.1, 0.15) is 11.1 Å². The van der Waals surface area contributed by atoms with E-state index in [0.29, 0.717) is 0 Å². The van der Waals surface area contributed by atoms with Crippen molar-refractivity contribution < 1.29 is 9.31 Å². The van der Waals surface area contributed by atoms with Gasteiger partial charge in [-0.1, -0.05) is 0 Å². The molecule has 0 atom stereocenters. The lowest BCUT2D eigenvalue weighted by molar-refractivity contribution is -0.390. The van der Waals surface area contributed by atoms with Crippen LogP contribution >= 0.6 is 15.9 Å². The number of halogens is 2. The van der Waals surface area contributed by atoms with E-state index in [1.54, 1.807) is 0 Å². The molecule has 0 aliphatic heterocycles. The number of rotatable bonds is 3. The first-order valence-electron chi connectivity index (χ1n) is 3.08. The fourth-order valence-electron chi connectivity index (χ4n) is 0.712. The summed E-state index contributed by atoms with van der Waals surface area (Å²) in [4.78, 5) is 9.62. The van der Waals surface area contributed by atoms with Crippen molar-refractivity contribution in [2.75, 3.05) is 6.67 Å². The standard InChI is InChI=1S/C5H5BrFN3O2/c6-4-3-9(2-1-7)8-5(4)10(11)12/h3H,1-2H2. The zero-order valence-electron chi connectivity index (χ0n) is 5.91. The van der Waals surface area contributed by atoms with Crippen molar-refractivity contribution in [3.63, 3.8) is 0 Å². The second kappa shape index (κ2) is 3.61. The molecule has 0 amide bonds. The van der Waals surface area contributed by atoms with Gasteiger partial charge in [-0.15, -0.1) is 0 Å². The van der Waals surface area contributed by atoms with E-state index < -0.39 is 11.6 Å². The maximum atomic E-state index is 11.8. The summed E-state index contributed by atoms with van der Waals surface area (Å²) in [6.07, 6.45) is 1.37. The molecule has 1 heterocycles. The van der Waals surface area contributed by atoms with Gasteiger partial charge in [0, 0.05) is 0 Å². The summed E-state index contributed by atoms with van der Waals surface area (Å²) in [6, 6.07) is 0. The first kappa shape index (κ1) is 9.11. The Kier molecular flexibility index (Phi) is 2.74. The van der Waals surface area contributed by atoms with Gasteiger partial charge in [0.15, 0.2) is 0 Å². The molecule has 1 rings (SSSR count). The summed E-state index contributed by atoms with van der Waals surface area (Å²) in [5.41, 5.74) is 0. The minimum absolute atomic E-state index is 0.0342. The maximum Gasteiger partial charge on any atom is 0.404 e. The van der Waals surface area contributed by atoms with Crippen LogP contribution in [0.4, 0.5) is 10.2 Å². The molecule has 66 valence electrons. The van der Waals surface area contributed by atoms with Crippen LogP contribution in [0.5, 0.6) is 0 Å². The van der Waals surface area contributed by atoms with Gasteiger partial charge in [0.25, 0.3) is 0 Å². The smallest absolute Gasteiger partial charge is 0.358 e. The topological polar surface area (TPSA) is 61.0 Å². The van der Waals surface area contributed by atoms with Crippen molar-refractivity contribution in [3.05, 3.63) is 20.8 Å². The van der Waals surface area contributed by atoms with Crippen LogP contribution in [0.1, 0.15) is 0 Å². The molecular formula is C5H5BrFN3O2. The van der Waals surface area contributed by atoms with Crippen molar-refractivity contribution in [2.24, 2.45) is 0 Å². The molecule has 0 aliphatic carbocycles. The van der Waals surface area contributed by atoms with E-state index in [-0.39, 0.29) is 16.8 Å². The molecule has 0 bridgehead atoms. The summed E-state index contributed by atoms with van der Waals surface area (Å²) < 4.78 is 13.2. The molecule has 0 spiro atoms. The third kappa shape index (κ3) is 1.79. The quantitative estimate of drug-likeness (QED) is 0.592. The molecule has 0 saturated carbocycles. The van der Waals surface area contributed by atoms with Crippen LogP contribution in [0.2, 0.25) is 0 Å². The van der Waals surface area contributed by atoms with E-state index in [9.17, 15) is 14.5 Å². The van der Waals surface area contributed by atoms with E-state index >= 15 is 0 Å². The Morgan fingerprint density at radius 3 is 2.92 bits per heavy atom. The zero-order chi connectivity index (χ0) is 9.14. The summed E-state index contributed by atoms with van der Waals surface area (Å²) in [7, 11) is 0. The molecule has 0 fully saturated rings. The number of nitro groups is 1. The first-order chi connectivity index (χ1) is 5.65. The molecule has 0 N–H and O–H groups in total. The summed E-state index contributed by atoms with van der Waals surface area (Å²) in [5, 5.41) is 13.8. The lowest BCUT2D eigenvalue weighted by Gasteiger charge is -1.86. The molecule has 0 radical (unpaired) electrons. The van der Waals surface area contributed by atoms with Crippen LogP contribution in [-0.4, -0.2) is 21.4 Å². The Labute approximate surface area is 75.5 Å². The molecule has 0 aromatic carbocycles. The van der Waals surface area contributed by atoms with Crippen molar-refractivity contribution in [3.8, 4) is 0 Å². The minimum atomic E-state index is -0.626. The van der Waals surface area contributed by atoms with Crippen molar-refractivity contribution in [2.45, 2.75) is 6.54 Å². The average molecular weight is 238 g/mol. The SMILES string of the molecule is O=[N+]([O-])c1nn(CCF)cc1Br. The predicted octanol–water partition coefficient (Wildman–Crippen LogP) is 1.52. The fourth-order valence-corrected chi connectivity index (χ4v) is 1.17. The third-order valence-corrected chi connectivity index (χ3v) is 1.75. The van der Waals surface area contributed by atoms with Gasteiger partial charge in [-0.25, -0.2) is 4.39 Å². The van der Waals surface area contributed by atoms with Gasteiger partial charge in [-0.2, -0.15) is 4.68 Å². The Hall–Kier alpha value is -0.980. The molecule has 0 aliphatic rings. The fraction of sp³-hybridized carbons (Fsp3) is 0.400. The number of nitrogens with zero attached hydrogens (tertiary/aromatic N) is 3. The summed E-state index contributed by atoms with van der Waals surface area (Å²) in [6.45, 7) is -0.558. The Balaban J connectivity index is 2.92. The van der Waals surface area contributed by atoms with E-state index in [2.05, 4.69) is 21.0 Å². The number of aromatic nitrogens is 2. The van der Waals surface area contributed by atoms with Crippen LogP contribution in [-0.2, 0) is 6.54 Å². The molecule has 12 heavy (non-hydrogen) atoms. The van der Waals surface area contributed by atoms with E-state index in [4.69, 9.17) is 0 Å². The Morgan fingerprint density at radius 1 is 1.83 bits per heavy atom. The molecule has 1 aromatic heterocycles. The highest BCUT2D eigenvalue weighted by Gasteiger charge is 2.17. The third-order valence-electron chi connectivity index (χ3n) is 1.19. The van der Waals surface area contributed by atoms with Gasteiger partial charge in [0.05, 0.1) is 17.8 Å². The molecule has 0 saturated heterocycles. The number of alkyl halides is 1. The van der Waals surface area contributed by atoms with Crippen molar-refractivity contribution in [1.29, 1.82) is 0 Å². The first-order valence-corrected chi connectivity index (χ1v) is 3.87. The van der Waals surface area contributed by atoms with Crippen LogP contribution < -0.4 is 0 Å². The molecule has 7 heteroatoms. The molecular weight excluding hydrogens is 233 g/mol. The lowest BCUT2D eigenvalue weighted by atomic mass is 10.6. The number of hydrogen-bond acceptors (Lipinski definition) is 3. The van der Waals surface area contributed by atoms with Crippen LogP contribution in [0.15, 0.2) is 10.7 Å². The Morgan fingerprint density at radius 2 is 2.50 bits per heavy atom. The minimum Gasteiger partial charge on any atom is -0.358 e. The van der Waals surface area contributed by atoms with Gasteiger partial charge < -0.3 is 10.1 Å².